The van der Waals surface area contributed by atoms with Gasteiger partial charge in [0, 0.05) is 12.1 Å². The summed E-state index contributed by atoms with van der Waals surface area (Å²) in [5.74, 6) is 0.845. The Kier molecular flexibility index (Phi) is 8.20. The Labute approximate surface area is 159 Å². The number of methoxy groups -OCH3 is 3. The Balaban J connectivity index is 1.93. The van der Waals surface area contributed by atoms with E-state index in [1.165, 1.54) is 33.5 Å². The van der Waals surface area contributed by atoms with Gasteiger partial charge in [0.25, 0.3) is 0 Å². The van der Waals surface area contributed by atoms with E-state index in [1.807, 2.05) is 30.3 Å². The molecule has 2 aromatic carbocycles. The first-order chi connectivity index (χ1) is 13.1. The van der Waals surface area contributed by atoms with Crippen LogP contribution in [0.2, 0.25) is 0 Å². The third-order valence-electron chi connectivity index (χ3n) is 3.64. The fraction of sp³-hybridized carbons (Fsp3) is 0.316. The van der Waals surface area contributed by atoms with E-state index < -0.39 is 13.6 Å². The topological polar surface area (TPSA) is 80.3 Å². The molecule has 7 nitrogen and oxygen atoms in total. The normalized spacial score (nSPS) is 11.0. The van der Waals surface area contributed by atoms with Crippen LogP contribution in [0.5, 0.6) is 17.2 Å². The lowest BCUT2D eigenvalue weighted by atomic mass is 10.2. The van der Waals surface area contributed by atoms with Crippen molar-refractivity contribution in [2.45, 2.75) is 6.61 Å². The minimum atomic E-state index is -2.62. The summed E-state index contributed by atoms with van der Waals surface area (Å²) in [5.41, 5.74) is 0.349. The van der Waals surface area contributed by atoms with Gasteiger partial charge in [-0.2, -0.15) is 0 Å². The molecule has 0 fully saturated rings. The molecule has 1 atom stereocenters. The molecular formula is C19H22O7P+. The Morgan fingerprint density at radius 3 is 2.11 bits per heavy atom. The fourth-order valence-electron chi connectivity index (χ4n) is 2.31. The van der Waals surface area contributed by atoms with Gasteiger partial charge < -0.3 is 18.9 Å². The van der Waals surface area contributed by atoms with E-state index in [9.17, 15) is 9.36 Å². The first kappa shape index (κ1) is 20.8. The van der Waals surface area contributed by atoms with Gasteiger partial charge in [0.2, 0.25) is 0 Å². The lowest BCUT2D eigenvalue weighted by molar-refractivity contribution is 0.0882. The summed E-state index contributed by atoms with van der Waals surface area (Å²) in [5, 5.41) is 0. The summed E-state index contributed by atoms with van der Waals surface area (Å²) in [6.45, 7) is 0.643. The van der Waals surface area contributed by atoms with Crippen molar-refractivity contribution >= 4 is 13.6 Å². The van der Waals surface area contributed by atoms with Gasteiger partial charge in [-0.15, -0.1) is 4.52 Å². The van der Waals surface area contributed by atoms with Crippen molar-refractivity contribution in [1.29, 1.82) is 0 Å². The lowest BCUT2D eigenvalue weighted by Crippen LogP contribution is -2.06. The summed E-state index contributed by atoms with van der Waals surface area (Å²) in [7, 11) is 1.66. The maximum Gasteiger partial charge on any atom is 0.593 e. The number of rotatable bonds is 11. The molecule has 0 aliphatic heterocycles. The van der Waals surface area contributed by atoms with Crippen molar-refractivity contribution in [1.82, 2.24) is 0 Å². The highest BCUT2D eigenvalue weighted by Crippen LogP contribution is 2.40. The van der Waals surface area contributed by atoms with Crippen molar-refractivity contribution in [3.8, 4) is 17.2 Å². The smallest absolute Gasteiger partial charge is 0.496 e. The van der Waals surface area contributed by atoms with Crippen LogP contribution in [0.4, 0.5) is 0 Å². The largest absolute Gasteiger partial charge is 0.593 e. The highest BCUT2D eigenvalue weighted by molar-refractivity contribution is 7.60. The molecule has 0 N–H and O–H groups in total. The number of hydrogen-bond acceptors (Lipinski definition) is 7. The molecule has 8 heteroatoms. The summed E-state index contributed by atoms with van der Waals surface area (Å²) in [4.78, 5) is 12.5. The zero-order chi connectivity index (χ0) is 19.6. The molecule has 144 valence electrons. The fourth-order valence-corrected chi connectivity index (χ4v) is 3.07. The van der Waals surface area contributed by atoms with Crippen molar-refractivity contribution in [3.63, 3.8) is 0 Å². The van der Waals surface area contributed by atoms with E-state index in [4.69, 9.17) is 23.5 Å². The maximum atomic E-state index is 12.5. The molecule has 0 radical (unpaired) electrons. The Morgan fingerprint density at radius 2 is 1.56 bits per heavy atom. The second-order valence-electron chi connectivity index (χ2n) is 5.34. The molecule has 0 bridgehead atoms. The molecule has 0 heterocycles. The molecular weight excluding hydrogens is 371 g/mol. The van der Waals surface area contributed by atoms with E-state index >= 15 is 0 Å². The van der Waals surface area contributed by atoms with Gasteiger partial charge in [0.15, 0.2) is 5.56 Å². The molecule has 27 heavy (non-hydrogen) atoms. The van der Waals surface area contributed by atoms with E-state index in [0.29, 0.717) is 12.4 Å². The predicted molar refractivity (Wildman–Crippen MR) is 100 cm³/mol. The second-order valence-corrected chi connectivity index (χ2v) is 6.52. The maximum absolute atomic E-state index is 12.5. The molecule has 0 aliphatic carbocycles. The van der Waals surface area contributed by atoms with Gasteiger partial charge >= 0.3 is 13.6 Å². The molecule has 0 aromatic heterocycles. The average Bonchev–Trinajstić information content (AvgIpc) is 2.72. The van der Waals surface area contributed by atoms with Crippen molar-refractivity contribution < 1.29 is 32.8 Å². The summed E-state index contributed by atoms with van der Waals surface area (Å²) in [6.07, 6.45) is 0. The van der Waals surface area contributed by atoms with Gasteiger partial charge in [-0.25, -0.2) is 4.79 Å². The van der Waals surface area contributed by atoms with E-state index in [0.717, 1.165) is 5.56 Å². The van der Waals surface area contributed by atoms with Crippen LogP contribution in [0.1, 0.15) is 15.9 Å². The van der Waals surface area contributed by atoms with Crippen LogP contribution in [-0.2, 0) is 20.4 Å². The third-order valence-corrected chi connectivity index (χ3v) is 4.61. The highest BCUT2D eigenvalue weighted by atomic mass is 31.1. The summed E-state index contributed by atoms with van der Waals surface area (Å²) < 4.78 is 38.4. The summed E-state index contributed by atoms with van der Waals surface area (Å²) in [6, 6.07) is 12.7. The zero-order valence-corrected chi connectivity index (χ0v) is 16.4. The molecule has 0 spiro atoms. The minimum absolute atomic E-state index is 0.0224. The Hall–Kier alpha value is -2.47. The van der Waals surface area contributed by atoms with Crippen molar-refractivity contribution in [3.05, 3.63) is 53.6 Å². The van der Waals surface area contributed by atoms with E-state index in [1.54, 1.807) is 0 Å². The highest BCUT2D eigenvalue weighted by Gasteiger charge is 2.38. The van der Waals surface area contributed by atoms with Crippen LogP contribution in [0.25, 0.3) is 0 Å². The van der Waals surface area contributed by atoms with Crippen LogP contribution in [-0.4, -0.2) is 40.1 Å². The van der Waals surface area contributed by atoms with Gasteiger partial charge in [-0.1, -0.05) is 30.3 Å². The molecule has 0 saturated carbocycles. The molecule has 2 aromatic rings. The second kappa shape index (κ2) is 10.6. The average molecular weight is 393 g/mol. The molecule has 2 rings (SSSR count). The van der Waals surface area contributed by atoms with Crippen LogP contribution in [0.15, 0.2) is 42.5 Å². The monoisotopic (exact) mass is 393 g/mol. The van der Waals surface area contributed by atoms with Crippen molar-refractivity contribution in [2.75, 3.05) is 34.5 Å². The van der Waals surface area contributed by atoms with Crippen LogP contribution in [0, 0.1) is 0 Å². The molecule has 1 unspecified atom stereocenters. The first-order valence-corrected chi connectivity index (χ1v) is 9.34. The van der Waals surface area contributed by atoms with Crippen LogP contribution in [0.3, 0.4) is 0 Å². The number of benzene rings is 2. The zero-order valence-electron chi connectivity index (χ0n) is 15.5. The SMILES string of the molecule is COc1cc(OC)c(C(=O)[P+](=O)OCCOCc2ccccc2)c(OC)c1. The predicted octanol–water partition coefficient (Wildman–Crippen LogP) is 3.83. The van der Waals surface area contributed by atoms with E-state index in [-0.39, 0.29) is 30.3 Å². The number of ether oxygens (including phenoxy) is 4. The molecule has 0 saturated heterocycles. The molecule has 0 aliphatic rings. The number of carbonyl (C=O) groups is 1. The molecule has 0 amide bonds. The van der Waals surface area contributed by atoms with Crippen molar-refractivity contribution in [2.24, 2.45) is 0 Å². The Bertz CT molecular complexity index is 752. The standard InChI is InChI=1S/C19H22O7P/c1-22-15-11-16(23-2)18(17(12-15)24-3)19(20)27(21)26-10-9-25-13-14-7-5-4-6-8-14/h4-8,11-12H,9-10,13H2,1-3H3/q+1. The quantitative estimate of drug-likeness (QED) is 0.424. The third kappa shape index (κ3) is 5.76. The summed E-state index contributed by atoms with van der Waals surface area (Å²) >= 11 is 0. The van der Waals surface area contributed by atoms with Crippen LogP contribution < -0.4 is 14.2 Å². The lowest BCUT2D eigenvalue weighted by Gasteiger charge is -2.10. The minimum Gasteiger partial charge on any atom is -0.496 e. The van der Waals surface area contributed by atoms with Gasteiger partial charge in [0.05, 0.1) is 34.5 Å². The van der Waals surface area contributed by atoms with Gasteiger partial charge in [-0.05, 0) is 10.1 Å². The first-order valence-electron chi connectivity index (χ1n) is 8.16. The van der Waals surface area contributed by atoms with Gasteiger partial charge in [-0.3, -0.25) is 0 Å². The van der Waals surface area contributed by atoms with E-state index in [2.05, 4.69) is 0 Å². The van der Waals surface area contributed by atoms with Crippen LogP contribution >= 0.6 is 8.03 Å². The number of hydrogen-bond donors (Lipinski definition) is 0. The van der Waals surface area contributed by atoms with Gasteiger partial charge in [0.1, 0.15) is 23.9 Å². The Morgan fingerprint density at radius 1 is 0.926 bits per heavy atom. The number of carbonyl (C=O) groups excluding carboxylic acids is 1.